The maximum absolute atomic E-state index is 12.9. The van der Waals surface area contributed by atoms with Crippen molar-refractivity contribution >= 4 is 33.5 Å². The number of hydrogen-bond donors (Lipinski definition) is 0. The van der Waals surface area contributed by atoms with Crippen molar-refractivity contribution in [2.24, 2.45) is 0 Å². The first-order chi connectivity index (χ1) is 11.0. The molecular weight excluding hydrogens is 387 g/mol. The summed E-state index contributed by atoms with van der Waals surface area (Å²) in [6.07, 6.45) is 1.48. The minimum absolute atomic E-state index is 0.122. The zero-order valence-corrected chi connectivity index (χ0v) is 14.4. The maximum atomic E-state index is 12.9. The second-order valence-corrected chi connectivity index (χ2v) is 5.83. The van der Waals surface area contributed by atoms with Crippen molar-refractivity contribution < 1.29 is 18.7 Å². The second kappa shape index (κ2) is 8.13. The van der Waals surface area contributed by atoms with Crippen molar-refractivity contribution in [2.45, 2.75) is 6.61 Å². The fourth-order valence-electron chi connectivity index (χ4n) is 1.77. The fraction of sp³-hybridized carbons (Fsp3) is 0.118. The zero-order chi connectivity index (χ0) is 16.8. The summed E-state index contributed by atoms with van der Waals surface area (Å²) >= 11 is 9.48. The summed E-state index contributed by atoms with van der Waals surface area (Å²) < 4.78 is 24.0. The molecule has 0 atom stereocenters. The molecule has 0 heterocycles. The largest absolute Gasteiger partial charge is 0.486 e. The Labute approximate surface area is 146 Å². The van der Waals surface area contributed by atoms with Gasteiger partial charge in [0.2, 0.25) is 0 Å². The number of halogens is 3. The lowest BCUT2D eigenvalue weighted by Gasteiger charge is -2.12. The molecule has 0 unspecified atom stereocenters. The van der Waals surface area contributed by atoms with Crippen LogP contribution < -0.4 is 4.74 Å². The van der Waals surface area contributed by atoms with Gasteiger partial charge in [0.15, 0.2) is 5.75 Å². The van der Waals surface area contributed by atoms with Crippen molar-refractivity contribution in [3.63, 3.8) is 0 Å². The molecule has 0 aliphatic rings. The Morgan fingerprint density at radius 3 is 2.61 bits per heavy atom. The highest BCUT2D eigenvalue weighted by atomic mass is 79.9. The molecule has 6 heteroatoms. The van der Waals surface area contributed by atoms with Gasteiger partial charge in [-0.05, 0) is 45.8 Å². The van der Waals surface area contributed by atoms with Crippen molar-refractivity contribution in [1.29, 1.82) is 0 Å². The van der Waals surface area contributed by atoms with Crippen LogP contribution in [-0.2, 0) is 11.3 Å². The molecule has 23 heavy (non-hydrogen) atoms. The highest BCUT2D eigenvalue weighted by Gasteiger charge is 2.15. The van der Waals surface area contributed by atoms with Gasteiger partial charge in [-0.3, -0.25) is 0 Å². The lowest BCUT2D eigenvalue weighted by Crippen LogP contribution is -2.06. The van der Waals surface area contributed by atoms with Crippen LogP contribution in [0.2, 0.25) is 5.02 Å². The van der Waals surface area contributed by atoms with Gasteiger partial charge in [0.25, 0.3) is 0 Å². The molecule has 0 saturated carbocycles. The molecule has 0 fully saturated rings. The summed E-state index contributed by atoms with van der Waals surface area (Å²) in [5, 5.41) is 0.270. The summed E-state index contributed by atoms with van der Waals surface area (Å²) in [5.41, 5.74) is 1.10. The van der Waals surface area contributed by atoms with E-state index in [4.69, 9.17) is 21.1 Å². The number of ether oxygens (including phenoxy) is 2. The van der Waals surface area contributed by atoms with Crippen LogP contribution in [-0.4, -0.2) is 12.6 Å². The number of benzene rings is 2. The van der Waals surface area contributed by atoms with E-state index >= 15 is 0 Å². The van der Waals surface area contributed by atoms with Crippen molar-refractivity contribution in [2.75, 3.05) is 6.61 Å². The van der Waals surface area contributed by atoms with E-state index in [1.165, 1.54) is 24.3 Å². The third-order valence-electron chi connectivity index (χ3n) is 2.86. The summed E-state index contributed by atoms with van der Waals surface area (Å²) in [6, 6.07) is 8.99. The topological polar surface area (TPSA) is 35.5 Å². The van der Waals surface area contributed by atoms with E-state index in [-0.39, 0.29) is 24.1 Å². The third kappa shape index (κ3) is 4.81. The first-order valence-electron chi connectivity index (χ1n) is 6.65. The van der Waals surface area contributed by atoms with Gasteiger partial charge >= 0.3 is 5.97 Å². The minimum Gasteiger partial charge on any atom is -0.486 e. The van der Waals surface area contributed by atoms with Crippen LogP contribution in [0.4, 0.5) is 4.39 Å². The summed E-state index contributed by atoms with van der Waals surface area (Å²) in [4.78, 5) is 11.8. The van der Waals surface area contributed by atoms with Gasteiger partial charge in [-0.15, -0.1) is 0 Å². The lowest BCUT2D eigenvalue weighted by molar-refractivity contribution is 0.0549. The van der Waals surface area contributed by atoms with E-state index in [1.807, 2.05) is 0 Å². The number of hydrogen-bond acceptors (Lipinski definition) is 3. The van der Waals surface area contributed by atoms with E-state index in [0.717, 1.165) is 5.56 Å². The SMILES string of the molecule is C=CCOC(=O)c1cc(Cl)c(OCc2ccc(F)cc2)c(Br)c1. The first kappa shape index (κ1) is 17.5. The van der Waals surface area contributed by atoms with Crippen LogP contribution in [0.3, 0.4) is 0 Å². The average molecular weight is 400 g/mol. The smallest absolute Gasteiger partial charge is 0.338 e. The van der Waals surface area contributed by atoms with Gasteiger partial charge in [-0.2, -0.15) is 0 Å². The van der Waals surface area contributed by atoms with Crippen molar-refractivity contribution in [3.8, 4) is 5.75 Å². The molecule has 2 aromatic carbocycles. The van der Waals surface area contributed by atoms with Gasteiger partial charge in [0, 0.05) is 0 Å². The normalized spacial score (nSPS) is 10.2. The molecule has 0 N–H and O–H groups in total. The Kier molecular flexibility index (Phi) is 6.19. The molecular formula is C17H13BrClFO3. The molecule has 0 aliphatic carbocycles. The average Bonchev–Trinajstić information content (AvgIpc) is 2.53. The van der Waals surface area contributed by atoms with Crippen LogP contribution in [0.15, 0.2) is 53.5 Å². The number of rotatable bonds is 6. The fourth-order valence-corrected chi connectivity index (χ4v) is 2.73. The van der Waals surface area contributed by atoms with Crippen LogP contribution in [0.1, 0.15) is 15.9 Å². The molecule has 0 aliphatic heterocycles. The molecule has 0 aromatic heterocycles. The van der Waals surface area contributed by atoms with Crippen LogP contribution in [0.25, 0.3) is 0 Å². The molecule has 0 bridgehead atoms. The van der Waals surface area contributed by atoms with Gasteiger partial charge in [-0.25, -0.2) is 9.18 Å². The first-order valence-corrected chi connectivity index (χ1v) is 7.82. The van der Waals surface area contributed by atoms with E-state index < -0.39 is 5.97 Å². The third-order valence-corrected chi connectivity index (χ3v) is 3.73. The highest BCUT2D eigenvalue weighted by Crippen LogP contribution is 2.35. The Bertz CT molecular complexity index is 693. The maximum Gasteiger partial charge on any atom is 0.338 e. The Balaban J connectivity index is 2.12. The van der Waals surface area contributed by atoms with Crippen molar-refractivity contribution in [3.05, 3.63) is 75.5 Å². The Hall–Kier alpha value is -1.85. The van der Waals surface area contributed by atoms with Gasteiger partial charge in [0.05, 0.1) is 15.1 Å². The van der Waals surface area contributed by atoms with Gasteiger partial charge < -0.3 is 9.47 Å². The van der Waals surface area contributed by atoms with Crippen LogP contribution >= 0.6 is 27.5 Å². The molecule has 2 rings (SSSR count). The van der Waals surface area contributed by atoms with E-state index in [9.17, 15) is 9.18 Å². The number of carbonyl (C=O) groups is 1. The Morgan fingerprint density at radius 1 is 1.30 bits per heavy atom. The zero-order valence-electron chi connectivity index (χ0n) is 12.0. The number of carbonyl (C=O) groups excluding carboxylic acids is 1. The monoisotopic (exact) mass is 398 g/mol. The van der Waals surface area contributed by atoms with E-state index in [2.05, 4.69) is 22.5 Å². The van der Waals surface area contributed by atoms with Crippen molar-refractivity contribution in [1.82, 2.24) is 0 Å². The quantitative estimate of drug-likeness (QED) is 0.497. The molecule has 2 aromatic rings. The molecule has 0 spiro atoms. The second-order valence-electron chi connectivity index (χ2n) is 4.57. The van der Waals surface area contributed by atoms with Gasteiger partial charge in [-0.1, -0.05) is 36.4 Å². The molecule has 0 saturated heterocycles. The Morgan fingerprint density at radius 2 is 2.00 bits per heavy atom. The minimum atomic E-state index is -0.502. The van der Waals surface area contributed by atoms with E-state index in [0.29, 0.717) is 15.8 Å². The summed E-state index contributed by atoms with van der Waals surface area (Å²) in [6.45, 7) is 3.82. The standard InChI is InChI=1S/C17H13BrClFO3/c1-2-7-22-17(21)12-8-14(18)16(15(19)9-12)23-10-11-3-5-13(20)6-4-11/h2-6,8-9H,1,7,10H2. The molecule has 3 nitrogen and oxygen atoms in total. The lowest BCUT2D eigenvalue weighted by atomic mass is 10.2. The molecule has 120 valence electrons. The number of esters is 1. The highest BCUT2D eigenvalue weighted by molar-refractivity contribution is 9.10. The predicted molar refractivity (Wildman–Crippen MR) is 90.4 cm³/mol. The molecule has 0 amide bonds. The van der Waals surface area contributed by atoms with E-state index in [1.54, 1.807) is 18.2 Å². The summed E-state index contributed by atoms with van der Waals surface area (Å²) in [5.74, 6) is -0.413. The summed E-state index contributed by atoms with van der Waals surface area (Å²) in [7, 11) is 0. The van der Waals surface area contributed by atoms with Crippen LogP contribution in [0.5, 0.6) is 5.75 Å². The van der Waals surface area contributed by atoms with Gasteiger partial charge in [0.1, 0.15) is 19.0 Å². The predicted octanol–water partition coefficient (Wildman–Crippen LogP) is 5.16. The molecule has 0 radical (unpaired) electrons. The van der Waals surface area contributed by atoms with Crippen LogP contribution in [0, 0.1) is 5.82 Å².